The molecule has 1 aliphatic heterocycles. The summed E-state index contributed by atoms with van der Waals surface area (Å²) in [7, 11) is 3.42. The monoisotopic (exact) mass is 1060 g/mol. The Morgan fingerprint density at radius 2 is 1.70 bits per heavy atom. The fraction of sp³-hybridized carbons (Fsp3) is 0.460. The molecule has 2 saturated carbocycles. The van der Waals surface area contributed by atoms with E-state index >= 15 is 0 Å². The van der Waals surface area contributed by atoms with Gasteiger partial charge in [-0.05, 0) is 170 Å². The number of aliphatic hydroxyl groups is 3. The number of aromatic hydroxyl groups is 2. The predicted molar refractivity (Wildman–Crippen MR) is 301 cm³/mol. The molecular weight excluding hydrogens is 991 g/mol. The summed E-state index contributed by atoms with van der Waals surface area (Å²) in [6, 6.07) is 25.0. The highest BCUT2D eigenvalue weighted by Gasteiger charge is 2.59. The number of aliphatic hydroxyl groups excluding tert-OH is 3. The lowest BCUT2D eigenvalue weighted by Crippen LogP contribution is -2.39. The van der Waals surface area contributed by atoms with E-state index in [4.69, 9.17) is 16.2 Å². The van der Waals surface area contributed by atoms with E-state index in [0.29, 0.717) is 72.0 Å². The maximum atomic E-state index is 14.3. The van der Waals surface area contributed by atoms with Crippen molar-refractivity contribution in [3.05, 3.63) is 159 Å². The first kappa shape index (κ1) is 54.1. The van der Waals surface area contributed by atoms with E-state index < -0.39 is 35.1 Å². The van der Waals surface area contributed by atoms with Gasteiger partial charge in [-0.3, -0.25) is 9.59 Å². The van der Waals surface area contributed by atoms with Crippen molar-refractivity contribution >= 4 is 33.2 Å². The van der Waals surface area contributed by atoms with Gasteiger partial charge in [0.05, 0.1) is 31.4 Å². The Labute approximate surface area is 455 Å². The Morgan fingerprint density at radius 1 is 0.882 bits per heavy atom. The molecule has 0 unspecified atom stereocenters. The first-order valence-electron chi connectivity index (χ1n) is 27.4. The molecule has 400 valence electrons. The van der Waals surface area contributed by atoms with Gasteiger partial charge >= 0.3 is 0 Å². The number of hydrogen-bond donors (Lipinski definition) is 8. The molecule has 9 atom stereocenters. The van der Waals surface area contributed by atoms with Crippen LogP contribution in [0.5, 0.6) is 17.2 Å². The number of aromatic amines is 1. The molecule has 5 aliphatic rings. The van der Waals surface area contributed by atoms with Crippen molar-refractivity contribution in [2.24, 2.45) is 40.1 Å². The van der Waals surface area contributed by atoms with Crippen LogP contribution in [0.25, 0.3) is 0 Å². The number of phenolic OH excluding ortho intramolecular Hbond substituents is 2. The van der Waals surface area contributed by atoms with Crippen LogP contribution in [-0.4, -0.2) is 73.3 Å². The number of aromatic nitrogens is 1. The number of carbonyl (C=O) groups is 2. The Balaban J connectivity index is 0.997. The van der Waals surface area contributed by atoms with Crippen LogP contribution in [0.4, 0.5) is 0 Å². The number of nitrogens with two attached hydrogens (primary N) is 2. The van der Waals surface area contributed by atoms with Gasteiger partial charge in [0.2, 0.25) is 0 Å². The second kappa shape index (κ2) is 23.3. The molecule has 4 aromatic carbocycles. The molecule has 11 nitrogen and oxygen atoms in total. The maximum Gasteiger partial charge on any atom is 0.165 e. The molecule has 13 heteroatoms. The highest BCUT2D eigenvalue weighted by molar-refractivity contribution is 8.76. The van der Waals surface area contributed by atoms with Crippen molar-refractivity contribution in [3.8, 4) is 29.1 Å². The van der Waals surface area contributed by atoms with Crippen LogP contribution >= 0.6 is 21.6 Å². The molecule has 8 bridgehead atoms. The summed E-state index contributed by atoms with van der Waals surface area (Å²) in [4.78, 5) is 31.6. The van der Waals surface area contributed by atoms with Crippen molar-refractivity contribution in [1.29, 1.82) is 0 Å². The van der Waals surface area contributed by atoms with Crippen LogP contribution in [0, 0.1) is 40.4 Å². The van der Waals surface area contributed by atoms with E-state index in [0.717, 1.165) is 78.5 Å². The molecule has 4 aliphatic carbocycles. The number of benzene rings is 4. The van der Waals surface area contributed by atoms with Crippen molar-refractivity contribution in [1.82, 2.24) is 4.98 Å². The van der Waals surface area contributed by atoms with Crippen molar-refractivity contribution < 1.29 is 39.9 Å². The molecule has 5 aromatic rings. The van der Waals surface area contributed by atoms with Crippen molar-refractivity contribution in [2.45, 2.75) is 133 Å². The van der Waals surface area contributed by atoms with Crippen LogP contribution in [0.15, 0.2) is 97.2 Å². The second-order valence-corrected chi connectivity index (χ2v) is 25.2. The molecule has 10 rings (SSSR count). The Kier molecular flexibility index (Phi) is 16.6. The van der Waals surface area contributed by atoms with Crippen LogP contribution in [0.3, 0.4) is 0 Å². The Bertz CT molecular complexity index is 3030. The largest absolute Gasteiger partial charge is 0.508 e. The number of rotatable bonds is 7. The molecule has 0 radical (unpaired) electrons. The molecule has 2 fully saturated rings. The van der Waals surface area contributed by atoms with Gasteiger partial charge in [0.1, 0.15) is 5.75 Å². The van der Waals surface area contributed by atoms with Gasteiger partial charge in [0.25, 0.3) is 0 Å². The van der Waals surface area contributed by atoms with Gasteiger partial charge in [-0.1, -0.05) is 88.0 Å². The van der Waals surface area contributed by atoms with Crippen molar-refractivity contribution in [2.75, 3.05) is 19.0 Å². The maximum absolute atomic E-state index is 14.3. The highest BCUT2D eigenvalue weighted by atomic mass is 33.1. The highest BCUT2D eigenvalue weighted by Crippen LogP contribution is 2.65. The standard InChI is InChI=1S/C63H73N3O8S2/c1-38(68)25-45(41-12-13-44(34-67)49-7-3-2-5-42(49)28-41)29-47-17-21-63-36-62(47,33-60(63)73)22-18-48(69)14-9-39-11-16-57(71)59(27-39)74-24-20-40-10-15-56(70)54(26-40)53-32-58(72)50-19-23-66-55(50)8-4-6-43-30-52(61(64)65)46(31-51(43)53)35-75-76-37-63/h2-3,5,7,10-11,15-16,18-19,22-23,26-27,30-31,38,41,44-45,47,53,60-61,66-68,70-71,73H,8-9,12-14,17,20-21,24-25,28-29,32-37,64-65H2,1H3/b22-18+/t38-,41-,44+,45+,47+,53+,60-,62-,63-/m0/s1. The third-order valence-electron chi connectivity index (χ3n) is 17.8. The number of ketones is 2. The van der Waals surface area contributed by atoms with Crippen LogP contribution < -0.4 is 16.2 Å². The minimum atomic E-state index is -0.812. The molecule has 1 aromatic heterocycles. The average molecular weight is 1060 g/mol. The molecule has 10 N–H and O–H groups in total. The van der Waals surface area contributed by atoms with E-state index in [-0.39, 0.29) is 66.9 Å². The van der Waals surface area contributed by atoms with Crippen LogP contribution in [-0.2, 0) is 36.2 Å². The quantitative estimate of drug-likeness (QED) is 0.0331. The number of fused-ring (bicyclic) bond motifs is 8. The van der Waals surface area contributed by atoms with Gasteiger partial charge in [0.15, 0.2) is 23.1 Å². The van der Waals surface area contributed by atoms with Gasteiger partial charge in [-0.15, -0.1) is 0 Å². The lowest BCUT2D eigenvalue weighted by atomic mass is 9.60. The van der Waals surface area contributed by atoms with Gasteiger partial charge in [-0.2, -0.15) is 0 Å². The lowest BCUT2D eigenvalue weighted by Gasteiger charge is -2.46. The normalized spacial score (nSPS) is 27.2. The summed E-state index contributed by atoms with van der Waals surface area (Å²) in [6.45, 7) is 2.20. The van der Waals surface area contributed by atoms with Crippen LogP contribution in [0.1, 0.15) is 155 Å². The third kappa shape index (κ3) is 11.6. The summed E-state index contributed by atoms with van der Waals surface area (Å²) in [5.41, 5.74) is 21.5. The molecular formula is C63H73N3O8S2. The van der Waals surface area contributed by atoms with E-state index in [1.165, 1.54) is 11.1 Å². The third-order valence-corrected chi connectivity index (χ3v) is 20.3. The van der Waals surface area contributed by atoms with Gasteiger partial charge in [-0.25, -0.2) is 0 Å². The fourth-order valence-electron chi connectivity index (χ4n) is 13.8. The van der Waals surface area contributed by atoms with E-state index in [2.05, 4.69) is 53.2 Å². The summed E-state index contributed by atoms with van der Waals surface area (Å²) >= 11 is 0. The number of allylic oxidation sites excluding steroid dienone is 2. The SMILES string of the molecule is C[C@H](O)C[C@H](C[C@H]1CC[C@]23CSSCc4cc5c(cc4C(N)N)C#CCc4[nH]ccc4C(=O)C[C@H]5c4cc(ccc4O)CCOc4cc(ccc4O)CCC(=O)/C=C/[C@]1(C[C@@H]2O)C3)[C@H]1CC[C@H](CO)c2ccccc2C1. The van der Waals surface area contributed by atoms with E-state index in [1.54, 1.807) is 58.1 Å². The first-order chi connectivity index (χ1) is 36.7. The fourth-order valence-corrected chi connectivity index (χ4v) is 16.6. The summed E-state index contributed by atoms with van der Waals surface area (Å²) < 4.78 is 6.22. The predicted octanol–water partition coefficient (Wildman–Crippen LogP) is 10.3. The summed E-state index contributed by atoms with van der Waals surface area (Å²) in [5.74, 6) is 8.38. The number of ether oxygens (including phenoxy) is 1. The van der Waals surface area contributed by atoms with E-state index in [1.807, 2.05) is 31.2 Å². The number of carbonyl (C=O) groups excluding carboxylic acids is 2. The van der Waals surface area contributed by atoms with E-state index in [9.17, 15) is 35.1 Å². The summed E-state index contributed by atoms with van der Waals surface area (Å²) in [5, 5.41) is 56.6. The number of Topliss-reactive ketones (excluding diaryl/α,β-unsaturated/α-hetero) is 1. The van der Waals surface area contributed by atoms with Crippen LogP contribution in [0.2, 0.25) is 0 Å². The second-order valence-electron chi connectivity index (χ2n) is 22.7. The minimum absolute atomic E-state index is 0.00351. The topological polar surface area (TPSA) is 212 Å². The average Bonchev–Trinajstić information content (AvgIpc) is 3.96. The zero-order valence-corrected chi connectivity index (χ0v) is 45.1. The number of hydrogen-bond acceptors (Lipinski definition) is 12. The molecule has 76 heavy (non-hydrogen) atoms. The van der Waals surface area contributed by atoms with Gasteiger partial charge in [0, 0.05) is 83.2 Å². The number of nitrogens with one attached hydrogen (secondary N) is 1. The van der Waals surface area contributed by atoms with Crippen molar-refractivity contribution in [3.63, 3.8) is 0 Å². The zero-order chi connectivity index (χ0) is 53.1. The molecule has 0 spiro atoms. The smallest absolute Gasteiger partial charge is 0.165 e. The molecule has 0 saturated heterocycles. The summed E-state index contributed by atoms with van der Waals surface area (Å²) in [6.07, 6.45) is 12.6. The van der Waals surface area contributed by atoms with Gasteiger partial charge < -0.3 is 46.7 Å². The molecule has 2 heterocycles. The lowest BCUT2D eigenvalue weighted by molar-refractivity contribution is -0.114. The first-order valence-corrected chi connectivity index (χ1v) is 29.8. The molecule has 0 amide bonds. The minimum Gasteiger partial charge on any atom is -0.508 e. The zero-order valence-electron chi connectivity index (χ0n) is 43.5. The Morgan fingerprint density at radius 3 is 2.51 bits per heavy atom. The Hall–Kier alpha value is -5.30. The number of phenols is 2. The number of H-pyrrole nitrogens is 1. The number of aryl methyl sites for hydroxylation is 1.